The van der Waals surface area contributed by atoms with Crippen LogP contribution in [0.4, 0.5) is 0 Å². The maximum atomic E-state index is 11.3. The van der Waals surface area contributed by atoms with Crippen molar-refractivity contribution in [3.63, 3.8) is 0 Å². The first-order valence-electron chi connectivity index (χ1n) is 4.59. The van der Waals surface area contributed by atoms with Crippen LogP contribution >= 0.6 is 0 Å². The number of hydrogen-bond acceptors (Lipinski definition) is 4. The number of ketones is 2. The maximum absolute atomic E-state index is 11.3. The largest absolute Gasteiger partial charge is 0.466 e. The Kier molecular flexibility index (Phi) is 5.05. The molecule has 0 unspecified atom stereocenters. The number of rotatable bonds is 5. The molecule has 14 heavy (non-hydrogen) atoms. The van der Waals surface area contributed by atoms with E-state index in [0.717, 1.165) is 0 Å². The van der Waals surface area contributed by atoms with Gasteiger partial charge in [-0.25, -0.2) is 0 Å². The van der Waals surface area contributed by atoms with Gasteiger partial charge in [-0.1, -0.05) is 6.92 Å². The summed E-state index contributed by atoms with van der Waals surface area (Å²) in [6, 6.07) is 0. The van der Waals surface area contributed by atoms with Gasteiger partial charge in [-0.05, 0) is 20.8 Å². The lowest BCUT2D eigenvalue weighted by Crippen LogP contribution is -2.32. The molecule has 0 saturated heterocycles. The van der Waals surface area contributed by atoms with Gasteiger partial charge in [-0.15, -0.1) is 0 Å². The van der Waals surface area contributed by atoms with Crippen LogP contribution in [0.3, 0.4) is 0 Å². The molecule has 4 nitrogen and oxygen atoms in total. The van der Waals surface area contributed by atoms with E-state index in [4.69, 9.17) is 4.74 Å². The SMILES string of the molecule is CCOC(=O)[C@@H](C)C(C(C)=O)C(C)=O. The Balaban J connectivity index is 4.59. The summed E-state index contributed by atoms with van der Waals surface area (Å²) in [6.45, 7) is 6.09. The Bertz CT molecular complexity index is 231. The first kappa shape index (κ1) is 12.8. The van der Waals surface area contributed by atoms with Gasteiger partial charge in [0.1, 0.15) is 11.6 Å². The topological polar surface area (TPSA) is 60.4 Å². The minimum atomic E-state index is -0.867. The van der Waals surface area contributed by atoms with Crippen LogP contribution in [0.25, 0.3) is 0 Å². The lowest BCUT2D eigenvalue weighted by Gasteiger charge is -2.16. The zero-order valence-electron chi connectivity index (χ0n) is 8.99. The molecule has 0 fully saturated rings. The van der Waals surface area contributed by atoms with Gasteiger partial charge in [0.05, 0.1) is 18.4 Å². The molecule has 0 aromatic carbocycles. The van der Waals surface area contributed by atoms with Gasteiger partial charge in [0, 0.05) is 0 Å². The highest BCUT2D eigenvalue weighted by atomic mass is 16.5. The van der Waals surface area contributed by atoms with Crippen LogP contribution in [0.5, 0.6) is 0 Å². The smallest absolute Gasteiger partial charge is 0.309 e. The van der Waals surface area contributed by atoms with E-state index in [1.165, 1.54) is 20.8 Å². The fraction of sp³-hybridized carbons (Fsp3) is 0.700. The second-order valence-corrected chi connectivity index (χ2v) is 3.24. The summed E-state index contributed by atoms with van der Waals surface area (Å²) in [6.07, 6.45) is 0. The molecular formula is C10H16O4. The summed E-state index contributed by atoms with van der Waals surface area (Å²) >= 11 is 0. The third-order valence-corrected chi connectivity index (χ3v) is 2.03. The first-order chi connectivity index (χ1) is 6.41. The zero-order chi connectivity index (χ0) is 11.3. The third kappa shape index (κ3) is 3.28. The Hall–Kier alpha value is -1.19. The molecule has 80 valence electrons. The number of carbonyl (C=O) groups excluding carboxylic acids is 3. The monoisotopic (exact) mass is 200 g/mol. The molecule has 0 aliphatic heterocycles. The summed E-state index contributed by atoms with van der Waals surface area (Å²) in [5.74, 6) is -2.64. The van der Waals surface area contributed by atoms with E-state index in [-0.39, 0.29) is 18.2 Å². The highest BCUT2D eigenvalue weighted by molar-refractivity contribution is 6.03. The minimum Gasteiger partial charge on any atom is -0.466 e. The zero-order valence-corrected chi connectivity index (χ0v) is 8.99. The molecule has 0 N–H and O–H groups in total. The number of Topliss-reactive ketones (excluding diaryl/α,β-unsaturated/α-hetero) is 2. The fourth-order valence-electron chi connectivity index (χ4n) is 1.40. The van der Waals surface area contributed by atoms with E-state index in [1.54, 1.807) is 6.92 Å². The highest BCUT2D eigenvalue weighted by Crippen LogP contribution is 2.15. The lowest BCUT2D eigenvalue weighted by molar-refractivity contribution is -0.153. The van der Waals surface area contributed by atoms with Crippen molar-refractivity contribution in [1.29, 1.82) is 0 Å². The Morgan fingerprint density at radius 3 is 1.86 bits per heavy atom. The number of carbonyl (C=O) groups is 3. The van der Waals surface area contributed by atoms with Crippen molar-refractivity contribution in [2.45, 2.75) is 27.7 Å². The van der Waals surface area contributed by atoms with Crippen molar-refractivity contribution in [1.82, 2.24) is 0 Å². The summed E-state index contributed by atoms with van der Waals surface area (Å²) in [5, 5.41) is 0. The average Bonchev–Trinajstić information content (AvgIpc) is 2.03. The summed E-state index contributed by atoms with van der Waals surface area (Å²) in [7, 11) is 0. The predicted molar refractivity (Wildman–Crippen MR) is 50.6 cm³/mol. The molecule has 0 amide bonds. The molecule has 0 aromatic heterocycles. The van der Waals surface area contributed by atoms with E-state index in [1.807, 2.05) is 0 Å². The second kappa shape index (κ2) is 5.52. The third-order valence-electron chi connectivity index (χ3n) is 2.03. The van der Waals surface area contributed by atoms with Crippen molar-refractivity contribution in [3.8, 4) is 0 Å². The predicted octanol–water partition coefficient (Wildman–Crippen LogP) is 0.980. The number of hydrogen-bond donors (Lipinski definition) is 0. The van der Waals surface area contributed by atoms with Crippen LogP contribution in [-0.4, -0.2) is 24.1 Å². The molecular weight excluding hydrogens is 184 g/mol. The molecule has 0 heterocycles. The quantitative estimate of drug-likeness (QED) is 0.490. The molecule has 0 aliphatic carbocycles. The molecule has 0 spiro atoms. The number of esters is 1. The van der Waals surface area contributed by atoms with Gasteiger partial charge in [0.25, 0.3) is 0 Å². The number of ether oxygens (including phenoxy) is 1. The van der Waals surface area contributed by atoms with Gasteiger partial charge in [0.2, 0.25) is 0 Å². The Morgan fingerprint density at radius 2 is 1.57 bits per heavy atom. The van der Waals surface area contributed by atoms with Crippen LogP contribution in [0.15, 0.2) is 0 Å². The van der Waals surface area contributed by atoms with Gasteiger partial charge < -0.3 is 4.74 Å². The van der Waals surface area contributed by atoms with Crippen molar-refractivity contribution >= 4 is 17.5 Å². The molecule has 0 aliphatic rings. The van der Waals surface area contributed by atoms with Crippen molar-refractivity contribution < 1.29 is 19.1 Å². The second-order valence-electron chi connectivity index (χ2n) is 3.24. The Morgan fingerprint density at radius 1 is 1.14 bits per heavy atom. The van der Waals surface area contributed by atoms with E-state index < -0.39 is 17.8 Å². The molecule has 1 atom stereocenters. The molecule has 0 bridgehead atoms. The molecule has 4 heteroatoms. The van der Waals surface area contributed by atoms with Crippen LogP contribution in [0.1, 0.15) is 27.7 Å². The Labute approximate surface area is 83.6 Å². The average molecular weight is 200 g/mol. The van der Waals surface area contributed by atoms with Gasteiger partial charge in [-0.3, -0.25) is 14.4 Å². The van der Waals surface area contributed by atoms with Crippen molar-refractivity contribution in [2.24, 2.45) is 11.8 Å². The summed E-state index contributed by atoms with van der Waals surface area (Å²) in [4.78, 5) is 33.5. The van der Waals surface area contributed by atoms with E-state index >= 15 is 0 Å². The van der Waals surface area contributed by atoms with E-state index in [2.05, 4.69) is 0 Å². The highest BCUT2D eigenvalue weighted by Gasteiger charge is 2.32. The van der Waals surface area contributed by atoms with Crippen molar-refractivity contribution in [3.05, 3.63) is 0 Å². The van der Waals surface area contributed by atoms with Gasteiger partial charge >= 0.3 is 5.97 Å². The van der Waals surface area contributed by atoms with Crippen molar-refractivity contribution in [2.75, 3.05) is 6.61 Å². The van der Waals surface area contributed by atoms with E-state index in [0.29, 0.717) is 0 Å². The summed E-state index contributed by atoms with van der Waals surface area (Å²) in [5.41, 5.74) is 0. The van der Waals surface area contributed by atoms with Crippen LogP contribution < -0.4 is 0 Å². The minimum absolute atomic E-state index is 0.256. The molecule has 0 aromatic rings. The van der Waals surface area contributed by atoms with Crippen LogP contribution in [0.2, 0.25) is 0 Å². The lowest BCUT2D eigenvalue weighted by atomic mass is 9.87. The van der Waals surface area contributed by atoms with Gasteiger partial charge in [-0.2, -0.15) is 0 Å². The first-order valence-corrected chi connectivity index (χ1v) is 4.59. The molecule has 0 rings (SSSR count). The van der Waals surface area contributed by atoms with Crippen LogP contribution in [0, 0.1) is 11.8 Å². The summed E-state index contributed by atoms with van der Waals surface area (Å²) < 4.78 is 4.74. The molecule has 0 saturated carbocycles. The molecule has 0 radical (unpaired) electrons. The normalized spacial score (nSPS) is 12.4. The van der Waals surface area contributed by atoms with E-state index in [9.17, 15) is 14.4 Å². The maximum Gasteiger partial charge on any atom is 0.309 e. The fourth-order valence-corrected chi connectivity index (χ4v) is 1.40. The van der Waals surface area contributed by atoms with Gasteiger partial charge in [0.15, 0.2) is 0 Å². The van der Waals surface area contributed by atoms with Crippen LogP contribution in [-0.2, 0) is 19.1 Å². The standard InChI is InChI=1S/C10H16O4/c1-5-14-10(13)6(2)9(7(3)11)8(4)12/h6,9H,5H2,1-4H3/t6-/m0/s1.